The number of benzene rings is 1. The molecule has 2 aliphatic rings. The number of piperidine rings is 1. The number of nitrogens with zero attached hydrogens (tertiary/aromatic N) is 2. The summed E-state index contributed by atoms with van der Waals surface area (Å²) in [5.41, 5.74) is 0.201. The molecule has 0 spiro atoms. The number of morpholine rings is 1. The first-order valence-electron chi connectivity index (χ1n) is 9.74. The Morgan fingerprint density at radius 1 is 1.25 bits per heavy atom. The van der Waals surface area contributed by atoms with Gasteiger partial charge in [0.2, 0.25) is 11.8 Å². The fourth-order valence-corrected chi connectivity index (χ4v) is 3.63. The molecule has 0 saturated carbocycles. The van der Waals surface area contributed by atoms with Crippen molar-refractivity contribution in [2.45, 2.75) is 26.3 Å². The number of ether oxygens (including phenoxy) is 1. The molecule has 2 fully saturated rings. The number of hydrogen-bond donors (Lipinski definition) is 1. The normalized spacial score (nSPS) is 21.0. The van der Waals surface area contributed by atoms with Gasteiger partial charge in [0, 0.05) is 51.3 Å². The van der Waals surface area contributed by atoms with Crippen molar-refractivity contribution in [1.82, 2.24) is 15.1 Å². The maximum absolute atomic E-state index is 14.1. The van der Waals surface area contributed by atoms with Gasteiger partial charge in [0.1, 0.15) is 11.6 Å². The molecule has 154 valence electrons. The summed E-state index contributed by atoms with van der Waals surface area (Å²) in [5, 5.41) is 2.63. The Kier molecular flexibility index (Phi) is 6.96. The zero-order valence-corrected chi connectivity index (χ0v) is 16.2. The van der Waals surface area contributed by atoms with E-state index in [2.05, 4.69) is 10.2 Å². The molecule has 2 aliphatic heterocycles. The molecule has 0 aliphatic carbocycles. The number of hydrogen-bond acceptors (Lipinski definition) is 4. The quantitative estimate of drug-likeness (QED) is 0.792. The molecule has 2 amide bonds. The first-order valence-corrected chi connectivity index (χ1v) is 9.74. The smallest absolute Gasteiger partial charge is 0.225 e. The lowest BCUT2D eigenvalue weighted by Gasteiger charge is -2.34. The van der Waals surface area contributed by atoms with E-state index in [0.29, 0.717) is 44.7 Å². The molecule has 3 rings (SSSR count). The summed E-state index contributed by atoms with van der Waals surface area (Å²) in [7, 11) is 0. The SMILES string of the molecule is Cc1ccc(F)c(CNC(=O)[C@H]2CCC(=O)N(CCN3CCOCC3)C2)c1F. The molecule has 0 radical (unpaired) electrons. The number of likely N-dealkylation sites (tertiary alicyclic amines) is 1. The van der Waals surface area contributed by atoms with Crippen molar-refractivity contribution in [3.8, 4) is 0 Å². The highest BCUT2D eigenvalue weighted by atomic mass is 19.1. The van der Waals surface area contributed by atoms with E-state index in [-0.39, 0.29) is 29.8 Å². The summed E-state index contributed by atoms with van der Waals surface area (Å²) in [6.07, 6.45) is 0.770. The summed E-state index contributed by atoms with van der Waals surface area (Å²) in [6.45, 7) is 6.12. The van der Waals surface area contributed by atoms with E-state index in [9.17, 15) is 18.4 Å². The third-order valence-electron chi connectivity index (χ3n) is 5.48. The maximum atomic E-state index is 14.1. The highest BCUT2D eigenvalue weighted by Crippen LogP contribution is 2.20. The lowest BCUT2D eigenvalue weighted by Crippen LogP contribution is -2.49. The van der Waals surface area contributed by atoms with Crippen LogP contribution in [0.15, 0.2) is 12.1 Å². The highest BCUT2D eigenvalue weighted by Gasteiger charge is 2.30. The number of rotatable bonds is 6. The van der Waals surface area contributed by atoms with Gasteiger partial charge in [0.25, 0.3) is 0 Å². The number of carbonyl (C=O) groups excluding carboxylic acids is 2. The maximum Gasteiger partial charge on any atom is 0.225 e. The van der Waals surface area contributed by atoms with E-state index in [1.165, 1.54) is 12.1 Å². The predicted octanol–water partition coefficient (Wildman–Crippen LogP) is 1.46. The first kappa shape index (κ1) is 20.7. The topological polar surface area (TPSA) is 61.9 Å². The van der Waals surface area contributed by atoms with Crippen molar-refractivity contribution in [3.63, 3.8) is 0 Å². The molecule has 2 saturated heterocycles. The number of nitrogens with one attached hydrogen (secondary N) is 1. The van der Waals surface area contributed by atoms with Crippen LogP contribution in [0.2, 0.25) is 0 Å². The fourth-order valence-electron chi connectivity index (χ4n) is 3.63. The molecule has 6 nitrogen and oxygen atoms in total. The second-order valence-electron chi connectivity index (χ2n) is 7.40. The Balaban J connectivity index is 1.52. The van der Waals surface area contributed by atoms with Crippen molar-refractivity contribution in [1.29, 1.82) is 0 Å². The van der Waals surface area contributed by atoms with Crippen LogP contribution in [-0.4, -0.2) is 67.6 Å². The molecule has 1 N–H and O–H groups in total. The first-order chi connectivity index (χ1) is 13.5. The molecule has 0 aromatic heterocycles. The van der Waals surface area contributed by atoms with Crippen molar-refractivity contribution in [2.24, 2.45) is 5.92 Å². The lowest BCUT2D eigenvalue weighted by atomic mass is 9.96. The van der Waals surface area contributed by atoms with Gasteiger partial charge in [-0.15, -0.1) is 0 Å². The van der Waals surface area contributed by atoms with Gasteiger partial charge in [0.15, 0.2) is 0 Å². The Morgan fingerprint density at radius 3 is 2.75 bits per heavy atom. The van der Waals surface area contributed by atoms with Crippen LogP contribution in [0.25, 0.3) is 0 Å². The molecule has 1 aromatic rings. The van der Waals surface area contributed by atoms with Crippen molar-refractivity contribution >= 4 is 11.8 Å². The van der Waals surface area contributed by atoms with Crippen molar-refractivity contribution in [3.05, 3.63) is 34.9 Å². The van der Waals surface area contributed by atoms with E-state index in [0.717, 1.165) is 19.6 Å². The summed E-state index contributed by atoms with van der Waals surface area (Å²) >= 11 is 0. The van der Waals surface area contributed by atoms with Crippen LogP contribution in [-0.2, 0) is 20.9 Å². The van der Waals surface area contributed by atoms with E-state index in [1.54, 1.807) is 11.8 Å². The molecule has 2 heterocycles. The molecule has 28 heavy (non-hydrogen) atoms. The third-order valence-corrected chi connectivity index (χ3v) is 5.48. The fraction of sp³-hybridized carbons (Fsp3) is 0.600. The number of halogens is 2. The second kappa shape index (κ2) is 9.43. The number of carbonyl (C=O) groups is 2. The van der Waals surface area contributed by atoms with Gasteiger partial charge in [0.05, 0.1) is 19.1 Å². The molecule has 8 heteroatoms. The Bertz CT molecular complexity index is 723. The second-order valence-corrected chi connectivity index (χ2v) is 7.40. The monoisotopic (exact) mass is 395 g/mol. The molecular weight excluding hydrogens is 368 g/mol. The van der Waals surface area contributed by atoms with E-state index in [1.807, 2.05) is 0 Å². The Labute approximate surface area is 163 Å². The van der Waals surface area contributed by atoms with Crippen LogP contribution < -0.4 is 5.32 Å². The lowest BCUT2D eigenvalue weighted by molar-refractivity contribution is -0.138. The van der Waals surface area contributed by atoms with Crippen LogP contribution in [0, 0.1) is 24.5 Å². The standard InChI is InChI=1S/C20H27F2N3O3/c1-14-2-4-17(21)16(19(14)22)12-23-20(27)15-3-5-18(26)25(13-15)7-6-24-8-10-28-11-9-24/h2,4,15H,3,5-13H2,1H3,(H,23,27)/t15-/m0/s1. The zero-order valence-electron chi connectivity index (χ0n) is 16.2. The van der Waals surface area contributed by atoms with Gasteiger partial charge in [-0.25, -0.2) is 8.78 Å². The number of aryl methyl sites for hydroxylation is 1. The summed E-state index contributed by atoms with van der Waals surface area (Å²) in [6, 6.07) is 2.57. The molecular formula is C20H27F2N3O3. The highest BCUT2D eigenvalue weighted by molar-refractivity contribution is 5.83. The van der Waals surface area contributed by atoms with Gasteiger partial charge in [-0.1, -0.05) is 6.07 Å². The Morgan fingerprint density at radius 2 is 2.00 bits per heavy atom. The zero-order chi connectivity index (χ0) is 20.1. The van der Waals surface area contributed by atoms with Crippen molar-refractivity contribution in [2.75, 3.05) is 45.9 Å². The minimum absolute atomic E-state index is 0.0492. The van der Waals surface area contributed by atoms with E-state index < -0.39 is 11.6 Å². The summed E-state index contributed by atoms with van der Waals surface area (Å²) in [5.74, 6) is -1.89. The van der Waals surface area contributed by atoms with E-state index in [4.69, 9.17) is 4.74 Å². The third kappa shape index (κ3) is 5.05. The van der Waals surface area contributed by atoms with Crippen molar-refractivity contribution < 1.29 is 23.1 Å². The van der Waals surface area contributed by atoms with Gasteiger partial charge in [-0.3, -0.25) is 14.5 Å². The minimum atomic E-state index is -0.672. The number of amides is 2. The molecule has 1 atom stereocenters. The van der Waals surface area contributed by atoms with Gasteiger partial charge < -0.3 is 15.0 Å². The molecule has 1 aromatic carbocycles. The van der Waals surface area contributed by atoms with Gasteiger partial charge >= 0.3 is 0 Å². The van der Waals surface area contributed by atoms with Crippen LogP contribution in [0.1, 0.15) is 24.0 Å². The van der Waals surface area contributed by atoms with Crippen LogP contribution in [0.3, 0.4) is 0 Å². The van der Waals surface area contributed by atoms with Crippen LogP contribution in [0.5, 0.6) is 0 Å². The molecule has 0 bridgehead atoms. The summed E-state index contributed by atoms with van der Waals surface area (Å²) < 4.78 is 33.3. The average molecular weight is 395 g/mol. The van der Waals surface area contributed by atoms with Crippen LogP contribution >= 0.6 is 0 Å². The van der Waals surface area contributed by atoms with E-state index >= 15 is 0 Å². The average Bonchev–Trinajstić information content (AvgIpc) is 2.71. The summed E-state index contributed by atoms with van der Waals surface area (Å²) in [4.78, 5) is 28.7. The van der Waals surface area contributed by atoms with Crippen LogP contribution in [0.4, 0.5) is 8.78 Å². The predicted molar refractivity (Wildman–Crippen MR) is 99.5 cm³/mol. The minimum Gasteiger partial charge on any atom is -0.379 e. The van der Waals surface area contributed by atoms with Gasteiger partial charge in [-0.2, -0.15) is 0 Å². The Hall–Kier alpha value is -2.06. The van der Waals surface area contributed by atoms with Gasteiger partial charge in [-0.05, 0) is 25.0 Å². The largest absolute Gasteiger partial charge is 0.379 e. The molecule has 0 unspecified atom stereocenters.